The van der Waals surface area contributed by atoms with E-state index in [4.69, 9.17) is 15.6 Å². The number of nitro groups is 1. The molecule has 0 aliphatic rings. The van der Waals surface area contributed by atoms with Crippen molar-refractivity contribution < 1.29 is 14.8 Å². The Morgan fingerprint density at radius 1 is 1.60 bits per heavy atom. The smallest absolute Gasteiger partial charge is 0.272 e. The number of nitrogens with zero attached hydrogens (tertiary/aromatic N) is 1. The van der Waals surface area contributed by atoms with Gasteiger partial charge in [0.15, 0.2) is 0 Å². The molecule has 0 spiro atoms. The summed E-state index contributed by atoms with van der Waals surface area (Å²) in [5.41, 5.74) is 5.66. The molecule has 6 heteroatoms. The highest BCUT2D eigenvalue weighted by atomic mass is 16.6. The SMILES string of the molecule is Cc1cc(OC(C)(N)O)ccc1[N+](=O)[O-]. The van der Waals surface area contributed by atoms with Crippen LogP contribution in [-0.2, 0) is 0 Å². The van der Waals surface area contributed by atoms with Gasteiger partial charge in [-0.25, -0.2) is 0 Å². The molecule has 0 heterocycles. The van der Waals surface area contributed by atoms with Crippen molar-refractivity contribution in [3.05, 3.63) is 33.9 Å². The van der Waals surface area contributed by atoms with Gasteiger partial charge in [0, 0.05) is 18.6 Å². The first kappa shape index (κ1) is 11.4. The topological polar surface area (TPSA) is 98.6 Å². The first-order chi connectivity index (χ1) is 6.79. The molecule has 82 valence electrons. The molecule has 0 amide bonds. The van der Waals surface area contributed by atoms with Crippen LogP contribution in [0.4, 0.5) is 5.69 Å². The van der Waals surface area contributed by atoms with Gasteiger partial charge in [-0.05, 0) is 19.1 Å². The number of hydrogen-bond acceptors (Lipinski definition) is 5. The van der Waals surface area contributed by atoms with Crippen LogP contribution in [0.1, 0.15) is 12.5 Å². The van der Waals surface area contributed by atoms with Crippen LogP contribution in [0.3, 0.4) is 0 Å². The Morgan fingerprint density at radius 3 is 2.60 bits per heavy atom. The van der Waals surface area contributed by atoms with Gasteiger partial charge in [-0.1, -0.05) is 0 Å². The van der Waals surface area contributed by atoms with E-state index in [1.807, 2.05) is 0 Å². The van der Waals surface area contributed by atoms with Gasteiger partial charge in [-0.3, -0.25) is 15.8 Å². The third-order valence-corrected chi connectivity index (χ3v) is 1.69. The highest BCUT2D eigenvalue weighted by Gasteiger charge is 2.17. The highest BCUT2D eigenvalue weighted by molar-refractivity contribution is 5.44. The molecule has 1 aromatic rings. The lowest BCUT2D eigenvalue weighted by molar-refractivity contribution is -0.385. The van der Waals surface area contributed by atoms with Crippen LogP contribution in [0.5, 0.6) is 5.75 Å². The Hall–Kier alpha value is -1.66. The number of nitro benzene ring substituents is 1. The Labute approximate surface area is 86.4 Å². The number of aliphatic hydroxyl groups is 1. The average molecular weight is 212 g/mol. The van der Waals surface area contributed by atoms with Crippen molar-refractivity contribution in [1.29, 1.82) is 0 Å². The van der Waals surface area contributed by atoms with Crippen LogP contribution in [0.25, 0.3) is 0 Å². The monoisotopic (exact) mass is 212 g/mol. The van der Waals surface area contributed by atoms with Crippen LogP contribution in [0.2, 0.25) is 0 Å². The number of hydrogen-bond donors (Lipinski definition) is 2. The van der Waals surface area contributed by atoms with Gasteiger partial charge < -0.3 is 9.84 Å². The summed E-state index contributed by atoms with van der Waals surface area (Å²) in [6.07, 6.45) is 0. The molecule has 0 radical (unpaired) electrons. The van der Waals surface area contributed by atoms with Gasteiger partial charge in [0.2, 0.25) is 0 Å². The molecular weight excluding hydrogens is 200 g/mol. The van der Waals surface area contributed by atoms with Crippen molar-refractivity contribution in [3.8, 4) is 5.75 Å². The normalized spacial score (nSPS) is 14.4. The molecule has 6 nitrogen and oxygen atoms in total. The molecule has 0 aliphatic carbocycles. The minimum atomic E-state index is -1.79. The molecule has 0 aromatic heterocycles. The van der Waals surface area contributed by atoms with Gasteiger partial charge in [-0.2, -0.15) is 0 Å². The fraction of sp³-hybridized carbons (Fsp3) is 0.333. The van der Waals surface area contributed by atoms with Crippen LogP contribution in [0.15, 0.2) is 18.2 Å². The summed E-state index contributed by atoms with van der Waals surface area (Å²) in [5.74, 6) is -1.51. The third kappa shape index (κ3) is 3.19. The summed E-state index contributed by atoms with van der Waals surface area (Å²) in [7, 11) is 0. The van der Waals surface area contributed by atoms with E-state index in [1.165, 1.54) is 25.1 Å². The Balaban J connectivity index is 2.97. The molecule has 0 bridgehead atoms. The minimum Gasteiger partial charge on any atom is -0.450 e. The first-order valence-electron chi connectivity index (χ1n) is 4.25. The van der Waals surface area contributed by atoms with Gasteiger partial charge >= 0.3 is 0 Å². The zero-order valence-corrected chi connectivity index (χ0v) is 8.43. The number of nitrogens with two attached hydrogens (primary N) is 1. The first-order valence-corrected chi connectivity index (χ1v) is 4.25. The standard InChI is InChI=1S/C9H12N2O4/c1-6-5-7(15-9(2,10)12)3-4-8(6)11(13)14/h3-5,12H,10H2,1-2H3. The molecule has 15 heavy (non-hydrogen) atoms. The molecule has 0 saturated heterocycles. The zero-order chi connectivity index (χ0) is 11.6. The molecule has 1 aromatic carbocycles. The summed E-state index contributed by atoms with van der Waals surface area (Å²) in [5, 5.41) is 19.7. The number of aryl methyl sites for hydroxylation is 1. The van der Waals surface area contributed by atoms with E-state index < -0.39 is 10.8 Å². The van der Waals surface area contributed by atoms with Crippen molar-refractivity contribution in [2.45, 2.75) is 19.8 Å². The van der Waals surface area contributed by atoms with E-state index in [9.17, 15) is 10.1 Å². The molecule has 0 saturated carbocycles. The Morgan fingerprint density at radius 2 is 2.20 bits per heavy atom. The lowest BCUT2D eigenvalue weighted by Crippen LogP contribution is -2.42. The Kier molecular flexibility index (Phi) is 2.92. The van der Waals surface area contributed by atoms with E-state index >= 15 is 0 Å². The third-order valence-electron chi connectivity index (χ3n) is 1.69. The van der Waals surface area contributed by atoms with Crippen molar-refractivity contribution in [2.24, 2.45) is 5.73 Å². The van der Waals surface area contributed by atoms with E-state index in [-0.39, 0.29) is 11.4 Å². The number of ether oxygens (including phenoxy) is 1. The maximum absolute atomic E-state index is 10.5. The molecule has 0 aliphatic heterocycles. The fourth-order valence-corrected chi connectivity index (χ4v) is 1.13. The maximum Gasteiger partial charge on any atom is 0.272 e. The van der Waals surface area contributed by atoms with Crippen LogP contribution in [0, 0.1) is 17.0 Å². The molecule has 1 rings (SSSR count). The van der Waals surface area contributed by atoms with Gasteiger partial charge in [0.05, 0.1) is 4.92 Å². The predicted molar refractivity (Wildman–Crippen MR) is 53.3 cm³/mol. The summed E-state index contributed by atoms with van der Waals surface area (Å²) in [6, 6.07) is 4.13. The van der Waals surface area contributed by atoms with E-state index in [1.54, 1.807) is 6.92 Å². The zero-order valence-electron chi connectivity index (χ0n) is 8.43. The van der Waals surface area contributed by atoms with E-state index in [0.29, 0.717) is 5.56 Å². The average Bonchev–Trinajstić information content (AvgIpc) is 1.99. The number of benzene rings is 1. The van der Waals surface area contributed by atoms with Crippen LogP contribution in [-0.4, -0.2) is 15.9 Å². The lowest BCUT2D eigenvalue weighted by atomic mass is 10.2. The van der Waals surface area contributed by atoms with E-state index in [0.717, 1.165) is 0 Å². The van der Waals surface area contributed by atoms with Crippen molar-refractivity contribution in [1.82, 2.24) is 0 Å². The van der Waals surface area contributed by atoms with Gasteiger partial charge in [-0.15, -0.1) is 0 Å². The second kappa shape index (κ2) is 3.84. The molecule has 3 N–H and O–H groups in total. The van der Waals surface area contributed by atoms with Gasteiger partial charge in [0.25, 0.3) is 11.6 Å². The fourth-order valence-electron chi connectivity index (χ4n) is 1.13. The Bertz CT molecular complexity index is 384. The van der Waals surface area contributed by atoms with Crippen molar-refractivity contribution in [2.75, 3.05) is 0 Å². The highest BCUT2D eigenvalue weighted by Crippen LogP contribution is 2.24. The lowest BCUT2D eigenvalue weighted by Gasteiger charge is -2.19. The predicted octanol–water partition coefficient (Wildman–Crippen LogP) is 0.907. The van der Waals surface area contributed by atoms with Crippen LogP contribution < -0.4 is 10.5 Å². The molecular formula is C9H12N2O4. The quantitative estimate of drug-likeness (QED) is 0.440. The van der Waals surface area contributed by atoms with Crippen molar-refractivity contribution >= 4 is 5.69 Å². The summed E-state index contributed by atoms with van der Waals surface area (Å²) in [6.45, 7) is 2.85. The molecule has 0 fully saturated rings. The van der Waals surface area contributed by atoms with E-state index in [2.05, 4.69) is 0 Å². The summed E-state index contributed by atoms with van der Waals surface area (Å²) >= 11 is 0. The minimum absolute atomic E-state index is 0.000913. The largest absolute Gasteiger partial charge is 0.450 e. The van der Waals surface area contributed by atoms with Crippen LogP contribution >= 0.6 is 0 Å². The second-order valence-electron chi connectivity index (χ2n) is 3.36. The number of rotatable bonds is 3. The van der Waals surface area contributed by atoms with Crippen molar-refractivity contribution in [3.63, 3.8) is 0 Å². The van der Waals surface area contributed by atoms with Gasteiger partial charge in [0.1, 0.15) is 5.75 Å². The summed E-state index contributed by atoms with van der Waals surface area (Å²) < 4.78 is 4.93. The summed E-state index contributed by atoms with van der Waals surface area (Å²) in [4.78, 5) is 10.0. The molecule has 1 unspecified atom stereocenters. The molecule has 1 atom stereocenters. The maximum atomic E-state index is 10.5. The second-order valence-corrected chi connectivity index (χ2v) is 3.36.